The summed E-state index contributed by atoms with van der Waals surface area (Å²) in [4.78, 5) is 0. The molecule has 0 fully saturated rings. The van der Waals surface area contributed by atoms with E-state index in [-0.39, 0.29) is 0 Å². The van der Waals surface area contributed by atoms with Crippen LogP contribution in [0.15, 0.2) is 72.8 Å². The number of benzene rings is 3. The van der Waals surface area contributed by atoms with Gasteiger partial charge >= 0.3 is 0 Å². The Hall–Kier alpha value is -1.97. The van der Waals surface area contributed by atoms with Crippen molar-refractivity contribution in [1.82, 2.24) is 9.78 Å². The summed E-state index contributed by atoms with van der Waals surface area (Å²) in [5.41, 5.74) is 3.64. The summed E-state index contributed by atoms with van der Waals surface area (Å²) in [7, 11) is 0. The topological polar surface area (TPSA) is 17.8 Å². The van der Waals surface area contributed by atoms with Crippen molar-refractivity contribution >= 4 is 46.4 Å². The molecule has 0 aliphatic heterocycles. The van der Waals surface area contributed by atoms with E-state index in [9.17, 15) is 0 Å². The average molecular weight is 434 g/mol. The van der Waals surface area contributed by atoms with E-state index >= 15 is 0 Å². The highest BCUT2D eigenvalue weighted by Crippen LogP contribution is 2.42. The molecular weight excluding hydrogens is 422 g/mol. The van der Waals surface area contributed by atoms with Gasteiger partial charge in [-0.2, -0.15) is 5.10 Å². The Morgan fingerprint density at radius 3 is 1.78 bits per heavy atom. The molecular formula is C21H12Cl4N2. The first-order valence-electron chi connectivity index (χ1n) is 8.10. The molecule has 2 nitrogen and oxygen atoms in total. The van der Waals surface area contributed by atoms with Crippen LogP contribution in [0.1, 0.15) is 0 Å². The van der Waals surface area contributed by atoms with Crippen LogP contribution in [0.3, 0.4) is 0 Å². The van der Waals surface area contributed by atoms with Crippen molar-refractivity contribution in [3.63, 3.8) is 0 Å². The van der Waals surface area contributed by atoms with Gasteiger partial charge in [-0.15, -0.1) is 0 Å². The Morgan fingerprint density at radius 2 is 1.19 bits per heavy atom. The van der Waals surface area contributed by atoms with E-state index in [1.165, 1.54) is 0 Å². The second-order valence-corrected chi connectivity index (χ2v) is 7.49. The molecule has 0 saturated carbocycles. The number of rotatable bonds is 3. The van der Waals surface area contributed by atoms with Gasteiger partial charge in [0.15, 0.2) is 0 Å². The standard InChI is InChI=1S/C21H12Cl4N2/c22-13-9-11-14(12-10-13)27-21(16-6-2-4-8-18(16)24)19(25)20(26-27)15-5-1-3-7-17(15)23/h1-12H. The number of hydrogen-bond donors (Lipinski definition) is 0. The van der Waals surface area contributed by atoms with Gasteiger partial charge in [0.1, 0.15) is 5.69 Å². The summed E-state index contributed by atoms with van der Waals surface area (Å²) in [6.45, 7) is 0. The van der Waals surface area contributed by atoms with E-state index in [1.54, 1.807) is 16.8 Å². The highest BCUT2D eigenvalue weighted by molar-refractivity contribution is 6.39. The molecule has 0 amide bonds. The molecule has 134 valence electrons. The first kappa shape index (κ1) is 18.4. The van der Waals surface area contributed by atoms with Crippen molar-refractivity contribution in [3.8, 4) is 28.2 Å². The molecule has 27 heavy (non-hydrogen) atoms. The van der Waals surface area contributed by atoms with Crippen molar-refractivity contribution in [2.75, 3.05) is 0 Å². The second-order valence-electron chi connectivity index (χ2n) is 5.86. The molecule has 6 heteroatoms. The second kappa shape index (κ2) is 7.57. The Bertz CT molecular complexity index is 1120. The van der Waals surface area contributed by atoms with Crippen LogP contribution in [0.4, 0.5) is 0 Å². The maximum Gasteiger partial charge on any atom is 0.114 e. The summed E-state index contributed by atoms with van der Waals surface area (Å²) in [5, 5.41) is 7.03. The summed E-state index contributed by atoms with van der Waals surface area (Å²) in [6.07, 6.45) is 0. The fourth-order valence-electron chi connectivity index (χ4n) is 2.88. The minimum Gasteiger partial charge on any atom is -0.231 e. The molecule has 0 N–H and O–H groups in total. The molecule has 0 aliphatic rings. The lowest BCUT2D eigenvalue weighted by atomic mass is 10.1. The maximum absolute atomic E-state index is 6.80. The normalized spacial score (nSPS) is 11.0. The molecule has 0 saturated heterocycles. The molecule has 0 spiro atoms. The number of hydrogen-bond acceptors (Lipinski definition) is 1. The Morgan fingerprint density at radius 1 is 0.630 bits per heavy atom. The monoisotopic (exact) mass is 432 g/mol. The minimum atomic E-state index is 0.478. The highest BCUT2D eigenvalue weighted by Gasteiger charge is 2.22. The molecule has 0 radical (unpaired) electrons. The Balaban J connectivity index is 2.02. The van der Waals surface area contributed by atoms with Crippen LogP contribution in [0, 0.1) is 0 Å². The van der Waals surface area contributed by atoms with E-state index < -0.39 is 0 Å². The number of nitrogens with zero attached hydrogens (tertiary/aromatic N) is 2. The van der Waals surface area contributed by atoms with Gasteiger partial charge in [-0.1, -0.05) is 82.8 Å². The van der Waals surface area contributed by atoms with E-state index in [0.29, 0.717) is 31.5 Å². The lowest BCUT2D eigenvalue weighted by Crippen LogP contribution is -1.99. The van der Waals surface area contributed by atoms with E-state index in [0.717, 1.165) is 16.8 Å². The van der Waals surface area contributed by atoms with Crippen molar-refractivity contribution in [2.24, 2.45) is 0 Å². The van der Waals surface area contributed by atoms with Crippen molar-refractivity contribution in [3.05, 3.63) is 92.9 Å². The fourth-order valence-corrected chi connectivity index (χ4v) is 3.78. The average Bonchev–Trinajstić information content (AvgIpc) is 3.00. The quantitative estimate of drug-likeness (QED) is 0.322. The zero-order valence-corrected chi connectivity index (χ0v) is 16.9. The Kier molecular flexibility index (Phi) is 5.16. The fraction of sp³-hybridized carbons (Fsp3) is 0. The molecule has 0 bridgehead atoms. The molecule has 4 rings (SSSR count). The molecule has 0 aliphatic carbocycles. The smallest absolute Gasteiger partial charge is 0.114 e. The molecule has 0 atom stereocenters. The van der Waals surface area contributed by atoms with Crippen LogP contribution >= 0.6 is 46.4 Å². The molecule has 3 aromatic carbocycles. The zero-order chi connectivity index (χ0) is 19.0. The van der Waals surface area contributed by atoms with Crippen LogP contribution in [-0.4, -0.2) is 9.78 Å². The van der Waals surface area contributed by atoms with Crippen molar-refractivity contribution in [2.45, 2.75) is 0 Å². The maximum atomic E-state index is 6.80. The van der Waals surface area contributed by atoms with Gasteiger partial charge in [0, 0.05) is 16.1 Å². The molecule has 1 aromatic heterocycles. The van der Waals surface area contributed by atoms with Gasteiger partial charge in [0.2, 0.25) is 0 Å². The summed E-state index contributed by atoms with van der Waals surface area (Å²) in [6, 6.07) is 22.3. The van der Waals surface area contributed by atoms with Gasteiger partial charge in [-0.3, -0.25) is 0 Å². The summed E-state index contributed by atoms with van der Waals surface area (Å²) >= 11 is 25.7. The lowest BCUT2D eigenvalue weighted by molar-refractivity contribution is 0.892. The zero-order valence-electron chi connectivity index (χ0n) is 13.8. The molecule has 0 unspecified atom stereocenters. The SMILES string of the molecule is Clc1ccc(-n2nc(-c3ccccc3Cl)c(Cl)c2-c2ccccc2Cl)cc1. The van der Waals surface area contributed by atoms with E-state index in [2.05, 4.69) is 0 Å². The van der Waals surface area contributed by atoms with Crippen molar-refractivity contribution < 1.29 is 0 Å². The predicted molar refractivity (Wildman–Crippen MR) is 114 cm³/mol. The number of halogens is 4. The predicted octanol–water partition coefficient (Wildman–Crippen LogP) is 7.82. The third-order valence-corrected chi connectivity index (χ3v) is 5.43. The Labute approximate surface area is 176 Å². The minimum absolute atomic E-state index is 0.478. The first-order valence-corrected chi connectivity index (χ1v) is 9.61. The van der Waals surface area contributed by atoms with Crippen LogP contribution in [-0.2, 0) is 0 Å². The van der Waals surface area contributed by atoms with Gasteiger partial charge in [-0.25, -0.2) is 4.68 Å². The summed E-state index contributed by atoms with van der Waals surface area (Å²) < 4.78 is 1.76. The van der Waals surface area contributed by atoms with Crippen LogP contribution in [0.5, 0.6) is 0 Å². The van der Waals surface area contributed by atoms with Crippen LogP contribution in [0.25, 0.3) is 28.2 Å². The van der Waals surface area contributed by atoms with Gasteiger partial charge < -0.3 is 0 Å². The van der Waals surface area contributed by atoms with Gasteiger partial charge in [0.05, 0.1) is 26.4 Å². The van der Waals surface area contributed by atoms with E-state index in [4.69, 9.17) is 51.5 Å². The summed E-state index contributed by atoms with van der Waals surface area (Å²) in [5.74, 6) is 0. The number of aromatic nitrogens is 2. The van der Waals surface area contributed by atoms with Crippen LogP contribution in [0.2, 0.25) is 20.1 Å². The largest absolute Gasteiger partial charge is 0.231 e. The molecule has 1 heterocycles. The van der Waals surface area contributed by atoms with Crippen molar-refractivity contribution in [1.29, 1.82) is 0 Å². The first-order chi connectivity index (χ1) is 13.1. The van der Waals surface area contributed by atoms with Gasteiger partial charge in [0.25, 0.3) is 0 Å². The van der Waals surface area contributed by atoms with Crippen LogP contribution < -0.4 is 0 Å². The lowest BCUT2D eigenvalue weighted by Gasteiger charge is -2.09. The highest BCUT2D eigenvalue weighted by atomic mass is 35.5. The molecule has 4 aromatic rings. The van der Waals surface area contributed by atoms with E-state index in [1.807, 2.05) is 60.7 Å². The van der Waals surface area contributed by atoms with Gasteiger partial charge in [-0.05, 0) is 36.4 Å². The third kappa shape index (κ3) is 3.46. The third-order valence-electron chi connectivity index (χ3n) is 4.16.